The van der Waals surface area contributed by atoms with Gasteiger partial charge in [0.25, 0.3) is 0 Å². The van der Waals surface area contributed by atoms with Crippen LogP contribution in [0.25, 0.3) is 0 Å². The van der Waals surface area contributed by atoms with Crippen molar-refractivity contribution in [2.45, 2.75) is 78.1 Å². The van der Waals surface area contributed by atoms with Crippen LogP contribution >= 0.6 is 0 Å². The highest BCUT2D eigenvalue weighted by atomic mass is 28.5. The monoisotopic (exact) mass is 455 g/mol. The molecule has 0 N–H and O–H groups in total. The molecular formula is C15H39O6Si5. The molecule has 155 valence electrons. The maximum Gasteiger partial charge on any atom is 0.314 e. The molecule has 0 aliphatic heterocycles. The van der Waals surface area contributed by atoms with Crippen molar-refractivity contribution in [2.24, 2.45) is 0 Å². The van der Waals surface area contributed by atoms with E-state index in [1.807, 2.05) is 0 Å². The summed E-state index contributed by atoms with van der Waals surface area (Å²) in [5.41, 5.74) is 0. The van der Waals surface area contributed by atoms with Gasteiger partial charge in [-0.25, -0.2) is 0 Å². The van der Waals surface area contributed by atoms with Gasteiger partial charge in [-0.15, -0.1) is 0 Å². The molecule has 0 aliphatic carbocycles. The maximum absolute atomic E-state index is 10.2. The summed E-state index contributed by atoms with van der Waals surface area (Å²) in [5, 5.41) is 0. The van der Waals surface area contributed by atoms with Gasteiger partial charge in [0, 0.05) is 6.61 Å². The number of hydrogen-bond acceptors (Lipinski definition) is 6. The predicted molar refractivity (Wildman–Crippen MR) is 119 cm³/mol. The Morgan fingerprint density at radius 2 is 1.08 bits per heavy atom. The van der Waals surface area contributed by atoms with Gasteiger partial charge < -0.3 is 21.2 Å². The van der Waals surface area contributed by atoms with Crippen LogP contribution < -0.4 is 0 Å². The van der Waals surface area contributed by atoms with Gasteiger partial charge in [-0.3, -0.25) is 4.79 Å². The second kappa shape index (κ2) is 9.85. The Morgan fingerprint density at radius 3 is 1.50 bits per heavy atom. The summed E-state index contributed by atoms with van der Waals surface area (Å²) in [6.45, 7) is 23.9. The molecule has 0 amide bonds. The standard InChI is InChI=1S/C15H39O6Si5/c1-22(2,3)18-24(6,7)20-26(10,11)21-25(8,9)19-23(4,5)15-14-17-13-12-16/h13-15H2,1-11H3. The van der Waals surface area contributed by atoms with E-state index in [0.29, 0.717) is 6.61 Å². The molecule has 0 aromatic carbocycles. The fourth-order valence-electron chi connectivity index (χ4n) is 3.13. The van der Waals surface area contributed by atoms with Crippen molar-refractivity contribution in [2.75, 3.05) is 13.2 Å². The van der Waals surface area contributed by atoms with Crippen LogP contribution in [0.4, 0.5) is 0 Å². The Bertz CT molecular complexity index is 448. The third-order valence-electron chi connectivity index (χ3n) is 3.07. The van der Waals surface area contributed by atoms with E-state index < -0.39 is 42.3 Å². The summed E-state index contributed by atoms with van der Waals surface area (Å²) in [5.74, 6) is 0. The first-order valence-electron chi connectivity index (χ1n) is 9.12. The van der Waals surface area contributed by atoms with E-state index >= 15 is 0 Å². The quantitative estimate of drug-likeness (QED) is 0.304. The highest BCUT2D eigenvalue weighted by Gasteiger charge is 2.45. The summed E-state index contributed by atoms with van der Waals surface area (Å²) >= 11 is 0. The molecule has 26 heavy (non-hydrogen) atoms. The number of hydrogen-bond donors (Lipinski definition) is 0. The molecule has 0 aromatic rings. The first-order valence-corrected chi connectivity index (χ1v) is 24.1. The largest absolute Gasteiger partial charge is 0.437 e. The lowest BCUT2D eigenvalue weighted by Gasteiger charge is -2.42. The third-order valence-corrected chi connectivity index (χ3v) is 20.9. The average Bonchev–Trinajstić information content (AvgIpc) is 2.26. The molecule has 0 unspecified atom stereocenters. The lowest BCUT2D eigenvalue weighted by Crippen LogP contribution is -2.58. The summed E-state index contributed by atoms with van der Waals surface area (Å²) in [6.07, 6.45) is 1.74. The Morgan fingerprint density at radius 1 is 0.654 bits per heavy atom. The smallest absolute Gasteiger partial charge is 0.314 e. The minimum absolute atomic E-state index is 0.0202. The SMILES string of the molecule is C[Si](C)(C)O[Si](C)(C)O[Si](C)(C)O[Si](C)(C)O[Si](C)(C)CCOC[C]=O. The average molecular weight is 456 g/mol. The fourth-order valence-corrected chi connectivity index (χ4v) is 26.5. The van der Waals surface area contributed by atoms with Crippen molar-refractivity contribution in [1.29, 1.82) is 0 Å². The van der Waals surface area contributed by atoms with Crippen LogP contribution in [-0.2, 0) is 26.0 Å². The molecule has 0 aliphatic rings. The number of rotatable bonds is 13. The Kier molecular flexibility index (Phi) is 10.1. The summed E-state index contributed by atoms with van der Waals surface area (Å²) in [6, 6.07) is 0.816. The van der Waals surface area contributed by atoms with Gasteiger partial charge in [-0.2, -0.15) is 0 Å². The molecule has 0 bridgehead atoms. The van der Waals surface area contributed by atoms with Crippen LogP contribution in [0.5, 0.6) is 0 Å². The molecule has 1 radical (unpaired) electrons. The third kappa shape index (κ3) is 13.7. The van der Waals surface area contributed by atoms with E-state index in [0.717, 1.165) is 6.04 Å². The normalized spacial score (nSPS) is 14.6. The van der Waals surface area contributed by atoms with E-state index in [9.17, 15) is 4.79 Å². The van der Waals surface area contributed by atoms with Crippen molar-refractivity contribution >= 4 is 48.6 Å². The summed E-state index contributed by atoms with van der Waals surface area (Å²) < 4.78 is 30.9. The first-order chi connectivity index (χ1) is 11.4. The number of carbonyl (C=O) groups excluding carboxylic acids is 1. The second-order valence-corrected chi connectivity index (χ2v) is 29.3. The van der Waals surface area contributed by atoms with Crippen LogP contribution in [0.2, 0.25) is 78.1 Å². The molecule has 0 fully saturated rings. The van der Waals surface area contributed by atoms with Gasteiger partial charge in [0.1, 0.15) is 6.61 Å². The van der Waals surface area contributed by atoms with Gasteiger partial charge in [0.2, 0.25) is 6.29 Å². The molecule has 11 heteroatoms. The minimum Gasteiger partial charge on any atom is -0.437 e. The molecule has 0 atom stereocenters. The molecule has 0 spiro atoms. The second-order valence-electron chi connectivity index (χ2n) is 9.43. The van der Waals surface area contributed by atoms with Crippen molar-refractivity contribution in [3.63, 3.8) is 0 Å². The van der Waals surface area contributed by atoms with Crippen molar-refractivity contribution in [3.05, 3.63) is 0 Å². The predicted octanol–water partition coefficient (Wildman–Crippen LogP) is 4.32. The zero-order chi connectivity index (χ0) is 20.9. The first kappa shape index (κ1) is 26.6. The van der Waals surface area contributed by atoms with E-state index in [1.54, 1.807) is 6.29 Å². The van der Waals surface area contributed by atoms with Crippen LogP contribution in [-0.4, -0.2) is 61.8 Å². The Balaban J connectivity index is 4.80. The fraction of sp³-hybridized carbons (Fsp3) is 0.933. The summed E-state index contributed by atoms with van der Waals surface area (Å²) in [4.78, 5) is 10.2. The van der Waals surface area contributed by atoms with Gasteiger partial charge in [-0.05, 0) is 78.1 Å². The van der Waals surface area contributed by atoms with E-state index in [2.05, 4.69) is 72.0 Å². The van der Waals surface area contributed by atoms with E-state index in [-0.39, 0.29) is 6.61 Å². The molecule has 0 saturated heterocycles. The van der Waals surface area contributed by atoms with Crippen molar-refractivity contribution in [1.82, 2.24) is 0 Å². The highest BCUT2D eigenvalue weighted by Crippen LogP contribution is 2.26. The van der Waals surface area contributed by atoms with Gasteiger partial charge in [-0.1, -0.05) is 0 Å². The van der Waals surface area contributed by atoms with Crippen LogP contribution in [0.1, 0.15) is 0 Å². The van der Waals surface area contributed by atoms with Crippen LogP contribution in [0.15, 0.2) is 0 Å². The molecule has 6 nitrogen and oxygen atoms in total. The lowest BCUT2D eigenvalue weighted by atomic mass is 10.8. The zero-order valence-corrected chi connectivity index (χ0v) is 23.6. The van der Waals surface area contributed by atoms with E-state index in [1.165, 1.54) is 0 Å². The lowest BCUT2D eigenvalue weighted by molar-refractivity contribution is 0.181. The van der Waals surface area contributed by atoms with Crippen molar-refractivity contribution < 1.29 is 26.0 Å². The molecular weight excluding hydrogens is 417 g/mol. The van der Waals surface area contributed by atoms with Crippen LogP contribution in [0, 0.1) is 0 Å². The van der Waals surface area contributed by atoms with Gasteiger partial charge in [0.15, 0.2) is 16.6 Å². The zero-order valence-electron chi connectivity index (χ0n) is 18.6. The molecule has 0 saturated carbocycles. The van der Waals surface area contributed by atoms with E-state index in [4.69, 9.17) is 21.2 Å². The molecule has 0 rings (SSSR count). The Labute approximate surface area is 165 Å². The van der Waals surface area contributed by atoms with Crippen LogP contribution in [0.3, 0.4) is 0 Å². The maximum atomic E-state index is 10.2. The molecule has 0 aromatic heterocycles. The van der Waals surface area contributed by atoms with Gasteiger partial charge in [0.05, 0.1) is 0 Å². The number of ether oxygens (including phenoxy) is 1. The Hall–Kier alpha value is 0.554. The highest BCUT2D eigenvalue weighted by molar-refractivity contribution is 6.90. The molecule has 0 heterocycles. The topological polar surface area (TPSA) is 63.2 Å². The summed E-state index contributed by atoms with van der Waals surface area (Å²) in [7, 11) is -10.6. The van der Waals surface area contributed by atoms with Crippen molar-refractivity contribution in [3.8, 4) is 0 Å². The minimum atomic E-state index is -2.38. The van der Waals surface area contributed by atoms with Gasteiger partial charge >= 0.3 is 25.7 Å².